The van der Waals surface area contributed by atoms with Gasteiger partial charge in [0.25, 0.3) is 0 Å². The molecule has 2 nitrogen and oxygen atoms in total. The normalized spacial score (nSPS) is 26.0. The van der Waals surface area contributed by atoms with Crippen LogP contribution in [-0.4, -0.2) is 17.1 Å². The van der Waals surface area contributed by atoms with Gasteiger partial charge in [-0.05, 0) is 58.5 Å². The van der Waals surface area contributed by atoms with Crippen LogP contribution in [0.1, 0.15) is 26.7 Å². The van der Waals surface area contributed by atoms with E-state index in [4.69, 9.17) is 0 Å². The van der Waals surface area contributed by atoms with Gasteiger partial charge >= 0.3 is 0 Å². The number of nitrogens with zero attached hydrogens (tertiary/aromatic N) is 2. The fourth-order valence-electron chi connectivity index (χ4n) is 2.29. The van der Waals surface area contributed by atoms with Crippen molar-refractivity contribution >= 4 is 37.5 Å². The van der Waals surface area contributed by atoms with Crippen LogP contribution >= 0.6 is 31.9 Å². The van der Waals surface area contributed by atoms with Crippen LogP contribution in [0.4, 0.5) is 5.69 Å². The predicted octanol–water partition coefficient (Wildman–Crippen LogP) is 3.98. The SMILES string of the molecule is C[C@@H]1CC[C@@H](C)N1c1c(Br)cncc1Br. The van der Waals surface area contributed by atoms with Crippen LogP contribution in [0.25, 0.3) is 0 Å². The van der Waals surface area contributed by atoms with Gasteiger partial charge in [-0.3, -0.25) is 4.98 Å². The molecule has 0 aromatic carbocycles. The Labute approximate surface area is 107 Å². The fraction of sp³-hybridized carbons (Fsp3) is 0.545. The van der Waals surface area contributed by atoms with E-state index in [1.165, 1.54) is 18.5 Å². The van der Waals surface area contributed by atoms with Crippen molar-refractivity contribution in [2.45, 2.75) is 38.8 Å². The van der Waals surface area contributed by atoms with Crippen molar-refractivity contribution in [2.75, 3.05) is 4.90 Å². The lowest BCUT2D eigenvalue weighted by atomic mass is 10.2. The Morgan fingerprint density at radius 2 is 1.60 bits per heavy atom. The zero-order valence-corrected chi connectivity index (χ0v) is 12.0. The van der Waals surface area contributed by atoms with Gasteiger partial charge in [0.05, 0.1) is 14.6 Å². The van der Waals surface area contributed by atoms with E-state index in [0.717, 1.165) is 8.95 Å². The van der Waals surface area contributed by atoms with Crippen LogP contribution in [0, 0.1) is 0 Å². The Morgan fingerprint density at radius 3 is 2.07 bits per heavy atom. The Balaban J connectivity index is 2.44. The average Bonchev–Trinajstić information content (AvgIpc) is 2.49. The average molecular weight is 334 g/mol. The van der Waals surface area contributed by atoms with Crippen molar-refractivity contribution in [3.8, 4) is 0 Å². The Hall–Kier alpha value is -0.0900. The van der Waals surface area contributed by atoms with Crippen molar-refractivity contribution in [3.63, 3.8) is 0 Å². The molecule has 0 bridgehead atoms. The number of rotatable bonds is 1. The van der Waals surface area contributed by atoms with E-state index in [0.29, 0.717) is 12.1 Å². The van der Waals surface area contributed by atoms with E-state index in [1.54, 1.807) is 0 Å². The summed E-state index contributed by atoms with van der Waals surface area (Å²) in [5.41, 5.74) is 1.24. The van der Waals surface area contributed by atoms with E-state index in [9.17, 15) is 0 Å². The number of aromatic nitrogens is 1. The highest BCUT2D eigenvalue weighted by atomic mass is 79.9. The largest absolute Gasteiger partial charge is 0.364 e. The smallest absolute Gasteiger partial charge is 0.0691 e. The van der Waals surface area contributed by atoms with E-state index in [-0.39, 0.29) is 0 Å². The van der Waals surface area contributed by atoms with Gasteiger partial charge in [0.1, 0.15) is 0 Å². The van der Waals surface area contributed by atoms with E-state index in [1.807, 2.05) is 12.4 Å². The van der Waals surface area contributed by atoms with Crippen molar-refractivity contribution in [1.82, 2.24) is 4.98 Å². The van der Waals surface area contributed by atoms with Crippen LogP contribution in [0.2, 0.25) is 0 Å². The third-order valence-corrected chi connectivity index (χ3v) is 4.20. The van der Waals surface area contributed by atoms with Gasteiger partial charge in [-0.15, -0.1) is 0 Å². The fourth-order valence-corrected chi connectivity index (χ4v) is 3.63. The second kappa shape index (κ2) is 4.42. The molecule has 0 unspecified atom stereocenters. The van der Waals surface area contributed by atoms with Crippen LogP contribution < -0.4 is 4.90 Å². The van der Waals surface area contributed by atoms with Gasteiger partial charge < -0.3 is 4.90 Å². The molecule has 2 atom stereocenters. The van der Waals surface area contributed by atoms with Gasteiger partial charge in [-0.2, -0.15) is 0 Å². The Bertz CT molecular complexity index is 337. The number of halogens is 2. The molecule has 15 heavy (non-hydrogen) atoms. The molecule has 1 aliphatic rings. The molecule has 0 radical (unpaired) electrons. The molecular formula is C11H14Br2N2. The zero-order valence-electron chi connectivity index (χ0n) is 8.87. The van der Waals surface area contributed by atoms with E-state index < -0.39 is 0 Å². The summed E-state index contributed by atoms with van der Waals surface area (Å²) in [5, 5.41) is 0. The molecule has 4 heteroatoms. The topological polar surface area (TPSA) is 16.1 Å². The minimum Gasteiger partial charge on any atom is -0.364 e. The number of anilines is 1. The Kier molecular flexibility index (Phi) is 3.36. The molecule has 1 saturated heterocycles. The predicted molar refractivity (Wildman–Crippen MR) is 70.3 cm³/mol. The summed E-state index contributed by atoms with van der Waals surface area (Å²) in [6, 6.07) is 1.21. The summed E-state index contributed by atoms with van der Waals surface area (Å²) in [6.07, 6.45) is 6.25. The van der Waals surface area contributed by atoms with Crippen LogP contribution in [0.5, 0.6) is 0 Å². The summed E-state index contributed by atoms with van der Waals surface area (Å²) in [7, 11) is 0. The summed E-state index contributed by atoms with van der Waals surface area (Å²) < 4.78 is 2.13. The Morgan fingerprint density at radius 1 is 1.13 bits per heavy atom. The first-order chi connectivity index (χ1) is 7.11. The van der Waals surface area contributed by atoms with Crippen molar-refractivity contribution < 1.29 is 0 Å². The van der Waals surface area contributed by atoms with Gasteiger partial charge in [0.15, 0.2) is 0 Å². The molecule has 2 rings (SSSR count). The zero-order chi connectivity index (χ0) is 11.0. The molecule has 0 saturated carbocycles. The van der Waals surface area contributed by atoms with Gasteiger partial charge in [-0.25, -0.2) is 0 Å². The lowest BCUT2D eigenvalue weighted by Crippen LogP contribution is -2.33. The van der Waals surface area contributed by atoms with Crippen LogP contribution in [-0.2, 0) is 0 Å². The quantitative estimate of drug-likeness (QED) is 0.772. The first-order valence-corrected chi connectivity index (χ1v) is 6.77. The van der Waals surface area contributed by atoms with Crippen molar-refractivity contribution in [1.29, 1.82) is 0 Å². The second-order valence-corrected chi connectivity index (χ2v) is 5.84. The second-order valence-electron chi connectivity index (χ2n) is 4.13. The van der Waals surface area contributed by atoms with E-state index in [2.05, 4.69) is 55.6 Å². The first-order valence-electron chi connectivity index (χ1n) is 5.18. The maximum atomic E-state index is 4.15. The third kappa shape index (κ3) is 2.07. The molecule has 1 fully saturated rings. The minimum absolute atomic E-state index is 0.606. The molecule has 1 aromatic heterocycles. The van der Waals surface area contributed by atoms with Gasteiger partial charge in [0.2, 0.25) is 0 Å². The van der Waals surface area contributed by atoms with Crippen molar-refractivity contribution in [3.05, 3.63) is 21.3 Å². The molecule has 0 spiro atoms. The molecule has 0 N–H and O–H groups in total. The van der Waals surface area contributed by atoms with Crippen molar-refractivity contribution in [2.24, 2.45) is 0 Å². The van der Waals surface area contributed by atoms with Crippen LogP contribution in [0.3, 0.4) is 0 Å². The molecule has 1 aliphatic heterocycles. The number of pyridine rings is 1. The third-order valence-electron chi connectivity index (χ3n) is 3.04. The highest BCUT2D eigenvalue weighted by Gasteiger charge is 2.29. The summed E-state index contributed by atoms with van der Waals surface area (Å²) in [6.45, 7) is 4.56. The standard InChI is InChI=1S/C11H14Br2N2/c1-7-3-4-8(2)15(7)11-9(12)5-14-6-10(11)13/h5-8H,3-4H2,1-2H3/t7-,8-/m1/s1. The highest BCUT2D eigenvalue weighted by molar-refractivity contribution is 9.11. The molecule has 0 aliphatic carbocycles. The lowest BCUT2D eigenvalue weighted by molar-refractivity contribution is 0.690. The maximum absolute atomic E-state index is 4.15. The molecule has 1 aromatic rings. The lowest BCUT2D eigenvalue weighted by Gasteiger charge is -2.30. The number of hydrogen-bond donors (Lipinski definition) is 0. The minimum atomic E-state index is 0.606. The van der Waals surface area contributed by atoms with Crippen LogP contribution in [0.15, 0.2) is 21.3 Å². The maximum Gasteiger partial charge on any atom is 0.0691 e. The monoisotopic (exact) mass is 332 g/mol. The highest BCUT2D eigenvalue weighted by Crippen LogP contribution is 2.39. The number of hydrogen-bond acceptors (Lipinski definition) is 2. The summed E-state index contributed by atoms with van der Waals surface area (Å²) in [5.74, 6) is 0. The summed E-state index contributed by atoms with van der Waals surface area (Å²) >= 11 is 7.16. The molecular weight excluding hydrogens is 320 g/mol. The van der Waals surface area contributed by atoms with E-state index >= 15 is 0 Å². The molecule has 0 amide bonds. The van der Waals surface area contributed by atoms with Gasteiger partial charge in [0, 0.05) is 24.5 Å². The molecule has 2 heterocycles. The first kappa shape index (κ1) is 11.4. The molecule has 82 valence electrons. The summed E-state index contributed by atoms with van der Waals surface area (Å²) in [4.78, 5) is 6.61. The van der Waals surface area contributed by atoms with Gasteiger partial charge in [-0.1, -0.05) is 0 Å².